The Hall–Kier alpha value is -2.58. The van der Waals surface area contributed by atoms with E-state index in [0.717, 1.165) is 0 Å². The van der Waals surface area contributed by atoms with Crippen molar-refractivity contribution in [2.75, 3.05) is 4.72 Å². The minimum atomic E-state index is -3.90. The van der Waals surface area contributed by atoms with Crippen LogP contribution >= 0.6 is 34.8 Å². The highest BCUT2D eigenvalue weighted by Gasteiger charge is 2.16. The van der Waals surface area contributed by atoms with Crippen LogP contribution in [0.2, 0.25) is 15.1 Å². The van der Waals surface area contributed by atoms with Gasteiger partial charge in [0.15, 0.2) is 0 Å². The second-order valence-electron chi connectivity index (χ2n) is 6.41. The maximum Gasteiger partial charge on any atom is 0.271 e. The van der Waals surface area contributed by atoms with Gasteiger partial charge in [0.1, 0.15) is 0 Å². The Kier molecular flexibility index (Phi) is 7.23. The molecule has 0 aliphatic rings. The number of sulfonamides is 1. The molecular weight excluding hydrogens is 481 g/mol. The maximum absolute atomic E-state index is 12.6. The summed E-state index contributed by atoms with van der Waals surface area (Å²) in [6.07, 6.45) is 0. The van der Waals surface area contributed by atoms with E-state index in [2.05, 4.69) is 15.2 Å². The van der Waals surface area contributed by atoms with E-state index >= 15 is 0 Å². The van der Waals surface area contributed by atoms with Crippen LogP contribution in [0.5, 0.6) is 0 Å². The first-order chi connectivity index (χ1) is 14.7. The number of amides is 1. The summed E-state index contributed by atoms with van der Waals surface area (Å²) in [7, 11) is -3.90. The molecule has 0 unspecified atom stereocenters. The molecule has 3 rings (SSSR count). The summed E-state index contributed by atoms with van der Waals surface area (Å²) in [4.78, 5) is 12.4. The number of hydrogen-bond donors (Lipinski definition) is 2. The molecule has 0 aliphatic heterocycles. The lowest BCUT2D eigenvalue weighted by molar-refractivity contribution is 0.0954. The molecule has 160 valence electrons. The van der Waals surface area contributed by atoms with Gasteiger partial charge in [-0.1, -0.05) is 46.9 Å². The van der Waals surface area contributed by atoms with E-state index in [-0.39, 0.29) is 10.5 Å². The van der Waals surface area contributed by atoms with E-state index in [4.69, 9.17) is 34.8 Å². The second kappa shape index (κ2) is 9.70. The average Bonchev–Trinajstić information content (AvgIpc) is 2.75. The van der Waals surface area contributed by atoms with Gasteiger partial charge in [-0.05, 0) is 67.1 Å². The van der Waals surface area contributed by atoms with Crippen LogP contribution in [0.1, 0.15) is 22.8 Å². The van der Waals surface area contributed by atoms with Crippen LogP contribution in [0.15, 0.2) is 76.7 Å². The molecule has 0 heterocycles. The topological polar surface area (TPSA) is 87.6 Å². The van der Waals surface area contributed by atoms with Crippen molar-refractivity contribution in [3.05, 3.63) is 92.9 Å². The number of anilines is 1. The maximum atomic E-state index is 12.6. The van der Waals surface area contributed by atoms with Crippen molar-refractivity contribution in [3.63, 3.8) is 0 Å². The van der Waals surface area contributed by atoms with Crippen molar-refractivity contribution in [3.8, 4) is 0 Å². The molecule has 10 heteroatoms. The molecule has 0 aromatic heterocycles. The SMILES string of the molecule is C/C(=N/NC(=O)c1cccc(S(=O)(=O)Nc2ccc(Cl)cc2)c1)c1ccc(Cl)c(Cl)c1. The van der Waals surface area contributed by atoms with E-state index in [1.807, 2.05) is 0 Å². The molecule has 3 aromatic carbocycles. The van der Waals surface area contributed by atoms with Crippen molar-refractivity contribution >= 4 is 62.1 Å². The van der Waals surface area contributed by atoms with E-state index < -0.39 is 15.9 Å². The molecule has 3 aromatic rings. The summed E-state index contributed by atoms with van der Waals surface area (Å²) >= 11 is 17.7. The zero-order chi connectivity index (χ0) is 22.6. The van der Waals surface area contributed by atoms with Crippen LogP contribution in [0.25, 0.3) is 0 Å². The van der Waals surface area contributed by atoms with Crippen LogP contribution in [-0.4, -0.2) is 20.0 Å². The molecule has 0 fully saturated rings. The van der Waals surface area contributed by atoms with Gasteiger partial charge < -0.3 is 0 Å². The number of carbonyl (C=O) groups excluding carboxylic acids is 1. The number of nitrogens with zero attached hydrogens (tertiary/aromatic N) is 1. The van der Waals surface area contributed by atoms with Gasteiger partial charge in [-0.3, -0.25) is 9.52 Å². The molecule has 0 radical (unpaired) electrons. The summed E-state index contributed by atoms with van der Waals surface area (Å²) in [5.74, 6) is -0.567. The fourth-order valence-corrected chi connectivity index (χ4v) is 4.05. The van der Waals surface area contributed by atoms with E-state index in [1.54, 1.807) is 37.3 Å². The van der Waals surface area contributed by atoms with Crippen molar-refractivity contribution in [1.82, 2.24) is 5.43 Å². The van der Waals surface area contributed by atoms with Crippen LogP contribution < -0.4 is 10.1 Å². The average molecular weight is 497 g/mol. The fourth-order valence-electron chi connectivity index (χ4n) is 2.52. The van der Waals surface area contributed by atoms with E-state index in [9.17, 15) is 13.2 Å². The number of hydrogen-bond acceptors (Lipinski definition) is 4. The lowest BCUT2D eigenvalue weighted by atomic mass is 10.1. The number of carbonyl (C=O) groups is 1. The second-order valence-corrected chi connectivity index (χ2v) is 9.34. The Morgan fingerprint density at radius 2 is 1.58 bits per heavy atom. The number of nitrogens with one attached hydrogen (secondary N) is 2. The molecule has 0 atom stereocenters. The highest BCUT2D eigenvalue weighted by molar-refractivity contribution is 7.92. The zero-order valence-corrected chi connectivity index (χ0v) is 19.1. The summed E-state index contributed by atoms with van der Waals surface area (Å²) < 4.78 is 27.7. The molecule has 0 aliphatic carbocycles. The van der Waals surface area contributed by atoms with Gasteiger partial charge in [-0.15, -0.1) is 0 Å². The van der Waals surface area contributed by atoms with E-state index in [0.29, 0.717) is 32.0 Å². The molecular formula is C21H16Cl3N3O3S. The summed E-state index contributed by atoms with van der Waals surface area (Å²) in [6.45, 7) is 1.69. The first-order valence-corrected chi connectivity index (χ1v) is 11.5. The van der Waals surface area contributed by atoms with Crippen molar-refractivity contribution in [1.29, 1.82) is 0 Å². The summed E-state index contributed by atoms with van der Waals surface area (Å²) in [6, 6.07) is 16.8. The number of halogens is 3. The predicted octanol–water partition coefficient (Wildman–Crippen LogP) is 5.60. The van der Waals surface area contributed by atoms with Crippen molar-refractivity contribution < 1.29 is 13.2 Å². The van der Waals surface area contributed by atoms with Gasteiger partial charge >= 0.3 is 0 Å². The van der Waals surface area contributed by atoms with Gasteiger partial charge in [0, 0.05) is 16.3 Å². The third kappa shape index (κ3) is 5.98. The minimum absolute atomic E-state index is 0.0692. The molecule has 2 N–H and O–H groups in total. The predicted molar refractivity (Wildman–Crippen MR) is 125 cm³/mol. The molecule has 0 saturated heterocycles. The largest absolute Gasteiger partial charge is 0.280 e. The molecule has 0 bridgehead atoms. The molecule has 0 saturated carbocycles. The summed E-state index contributed by atoms with van der Waals surface area (Å²) in [5.41, 5.74) is 4.07. The zero-order valence-electron chi connectivity index (χ0n) is 16.1. The highest BCUT2D eigenvalue weighted by Crippen LogP contribution is 2.23. The van der Waals surface area contributed by atoms with Gasteiger partial charge in [0.25, 0.3) is 15.9 Å². The lowest BCUT2D eigenvalue weighted by Gasteiger charge is -2.09. The van der Waals surface area contributed by atoms with Crippen LogP contribution in [0, 0.1) is 0 Å². The Labute approximate surface area is 194 Å². The first-order valence-electron chi connectivity index (χ1n) is 8.84. The van der Waals surface area contributed by atoms with Crippen LogP contribution in [0.4, 0.5) is 5.69 Å². The summed E-state index contributed by atoms with van der Waals surface area (Å²) in [5, 5.41) is 5.31. The van der Waals surface area contributed by atoms with Gasteiger partial charge in [0.05, 0.1) is 20.7 Å². The number of hydrazone groups is 1. The Bertz CT molecular complexity index is 1260. The van der Waals surface area contributed by atoms with Crippen molar-refractivity contribution in [2.45, 2.75) is 11.8 Å². The third-order valence-corrected chi connectivity index (χ3v) is 6.54. The van der Waals surface area contributed by atoms with Gasteiger partial charge in [-0.2, -0.15) is 5.10 Å². The Morgan fingerprint density at radius 1 is 0.871 bits per heavy atom. The molecule has 6 nitrogen and oxygen atoms in total. The van der Waals surface area contributed by atoms with Gasteiger partial charge in [0.2, 0.25) is 0 Å². The fraction of sp³-hybridized carbons (Fsp3) is 0.0476. The normalized spacial score (nSPS) is 11.8. The van der Waals surface area contributed by atoms with Crippen LogP contribution in [0.3, 0.4) is 0 Å². The standard InChI is InChI=1S/C21H16Cl3N3O3S/c1-13(14-5-10-19(23)20(24)12-14)25-26-21(28)15-3-2-4-18(11-15)31(29,30)27-17-8-6-16(22)7-9-17/h2-12,27H,1H3,(H,26,28)/b25-13-. The quantitative estimate of drug-likeness (QED) is 0.344. The number of rotatable bonds is 6. The van der Waals surface area contributed by atoms with E-state index in [1.165, 1.54) is 36.4 Å². The van der Waals surface area contributed by atoms with Crippen molar-refractivity contribution in [2.24, 2.45) is 5.10 Å². The monoisotopic (exact) mass is 495 g/mol. The Morgan fingerprint density at radius 3 is 2.26 bits per heavy atom. The molecule has 31 heavy (non-hydrogen) atoms. The minimum Gasteiger partial charge on any atom is -0.280 e. The third-order valence-electron chi connectivity index (χ3n) is 4.17. The smallest absolute Gasteiger partial charge is 0.271 e. The first kappa shape index (κ1) is 23.1. The molecule has 0 spiro atoms. The Balaban J connectivity index is 1.76. The van der Waals surface area contributed by atoms with Gasteiger partial charge in [-0.25, -0.2) is 13.8 Å². The molecule has 1 amide bonds. The number of benzene rings is 3. The lowest BCUT2D eigenvalue weighted by Crippen LogP contribution is -2.20. The highest BCUT2D eigenvalue weighted by atomic mass is 35.5. The van der Waals surface area contributed by atoms with Crippen LogP contribution in [-0.2, 0) is 10.0 Å².